The van der Waals surface area contributed by atoms with Crippen molar-refractivity contribution in [3.63, 3.8) is 0 Å². The smallest absolute Gasteiger partial charge is 0.0439 e. The van der Waals surface area contributed by atoms with E-state index in [1.54, 1.807) is 0 Å². The first-order valence-corrected chi connectivity index (χ1v) is 7.74. The van der Waals surface area contributed by atoms with Gasteiger partial charge in [-0.25, -0.2) is 0 Å². The molecule has 0 radical (unpaired) electrons. The summed E-state index contributed by atoms with van der Waals surface area (Å²) in [5, 5.41) is 5.09. The summed E-state index contributed by atoms with van der Waals surface area (Å²) in [6.45, 7) is 11.1. The highest BCUT2D eigenvalue weighted by molar-refractivity contribution is 6.33. The fourth-order valence-corrected chi connectivity index (χ4v) is 2.49. The van der Waals surface area contributed by atoms with Gasteiger partial charge in [-0.05, 0) is 61.0 Å². The Hall–Kier alpha value is -0.240. The Morgan fingerprint density at radius 3 is 2.47 bits per heavy atom. The van der Waals surface area contributed by atoms with E-state index in [1.807, 2.05) is 18.2 Å². The molecule has 1 rings (SSSR count). The highest BCUT2D eigenvalue weighted by Gasteiger charge is 2.25. The maximum Gasteiger partial charge on any atom is 0.0439 e. The minimum atomic E-state index is 0.242. The van der Waals surface area contributed by atoms with Gasteiger partial charge in [0.1, 0.15) is 0 Å². The van der Waals surface area contributed by atoms with Crippen molar-refractivity contribution in [1.29, 1.82) is 0 Å². The Kier molecular flexibility index (Phi) is 6.65. The van der Waals surface area contributed by atoms with Gasteiger partial charge in [0.2, 0.25) is 0 Å². The van der Waals surface area contributed by atoms with E-state index in [1.165, 1.54) is 0 Å². The first-order valence-electron chi connectivity index (χ1n) is 6.99. The zero-order valence-electron chi connectivity index (χ0n) is 12.4. The third-order valence-electron chi connectivity index (χ3n) is 3.52. The molecule has 0 bridgehead atoms. The highest BCUT2D eigenvalue weighted by atomic mass is 35.5. The summed E-state index contributed by atoms with van der Waals surface area (Å²) in [6.07, 6.45) is 2.12. The van der Waals surface area contributed by atoms with E-state index in [4.69, 9.17) is 23.2 Å². The molecule has 0 saturated carbocycles. The van der Waals surface area contributed by atoms with Crippen LogP contribution in [-0.2, 0) is 6.42 Å². The fourth-order valence-electron chi connectivity index (χ4n) is 2.10. The highest BCUT2D eigenvalue weighted by Crippen LogP contribution is 2.31. The molecule has 0 aliphatic rings. The van der Waals surface area contributed by atoms with Crippen molar-refractivity contribution < 1.29 is 0 Å². The molecule has 0 spiro atoms. The molecule has 3 heteroatoms. The second-order valence-corrected chi connectivity index (χ2v) is 7.05. The van der Waals surface area contributed by atoms with Gasteiger partial charge in [0.25, 0.3) is 0 Å². The van der Waals surface area contributed by atoms with Gasteiger partial charge in [-0.15, -0.1) is 0 Å². The molecule has 0 aliphatic carbocycles. The molecule has 0 saturated heterocycles. The summed E-state index contributed by atoms with van der Waals surface area (Å²) >= 11 is 12.3. The summed E-state index contributed by atoms with van der Waals surface area (Å²) < 4.78 is 0. The van der Waals surface area contributed by atoms with Crippen LogP contribution >= 0.6 is 23.2 Å². The van der Waals surface area contributed by atoms with Crippen LogP contribution in [0.15, 0.2) is 18.2 Å². The number of halogens is 2. The monoisotopic (exact) mass is 301 g/mol. The molecular weight excluding hydrogens is 277 g/mol. The van der Waals surface area contributed by atoms with Gasteiger partial charge in [-0.1, -0.05) is 50.9 Å². The summed E-state index contributed by atoms with van der Waals surface area (Å²) in [5.74, 6) is 0.537. The summed E-state index contributed by atoms with van der Waals surface area (Å²) in [7, 11) is 0. The van der Waals surface area contributed by atoms with E-state index in [0.717, 1.165) is 41.5 Å². The van der Waals surface area contributed by atoms with Crippen LogP contribution in [0, 0.1) is 11.3 Å². The van der Waals surface area contributed by atoms with Crippen LogP contribution in [0.5, 0.6) is 0 Å². The third kappa shape index (κ3) is 5.72. The van der Waals surface area contributed by atoms with E-state index in [9.17, 15) is 0 Å². The predicted octanol–water partition coefficient (Wildman–Crippen LogP) is 5.20. The van der Waals surface area contributed by atoms with E-state index < -0.39 is 0 Å². The molecule has 108 valence electrons. The summed E-state index contributed by atoms with van der Waals surface area (Å²) in [4.78, 5) is 0. The molecule has 19 heavy (non-hydrogen) atoms. The van der Waals surface area contributed by atoms with Crippen LogP contribution < -0.4 is 5.32 Å². The van der Waals surface area contributed by atoms with Crippen LogP contribution in [0.2, 0.25) is 10.0 Å². The molecule has 0 amide bonds. The van der Waals surface area contributed by atoms with Gasteiger partial charge >= 0.3 is 0 Å². The van der Waals surface area contributed by atoms with Crippen molar-refractivity contribution in [1.82, 2.24) is 5.32 Å². The lowest BCUT2D eigenvalue weighted by Gasteiger charge is -2.31. The van der Waals surface area contributed by atoms with Crippen molar-refractivity contribution >= 4 is 23.2 Å². The van der Waals surface area contributed by atoms with E-state index in [2.05, 4.69) is 33.0 Å². The number of rotatable bonds is 6. The number of hydrogen-bond acceptors (Lipinski definition) is 1. The van der Waals surface area contributed by atoms with Crippen molar-refractivity contribution in [3.05, 3.63) is 33.8 Å². The van der Waals surface area contributed by atoms with Gasteiger partial charge in [-0.3, -0.25) is 0 Å². The topological polar surface area (TPSA) is 12.0 Å². The molecule has 0 aliphatic heterocycles. The predicted molar refractivity (Wildman–Crippen MR) is 86.3 cm³/mol. The fraction of sp³-hybridized carbons (Fsp3) is 0.625. The van der Waals surface area contributed by atoms with Crippen LogP contribution in [0.3, 0.4) is 0 Å². The Balaban J connectivity index is 2.79. The number of nitrogens with one attached hydrogen (secondary N) is 1. The second-order valence-electron chi connectivity index (χ2n) is 6.21. The van der Waals surface area contributed by atoms with Gasteiger partial charge in [-0.2, -0.15) is 0 Å². The Morgan fingerprint density at radius 1 is 1.21 bits per heavy atom. The van der Waals surface area contributed by atoms with Crippen molar-refractivity contribution in [3.8, 4) is 0 Å². The van der Waals surface area contributed by atoms with Crippen LogP contribution in [-0.4, -0.2) is 13.1 Å². The standard InChI is InChI=1S/C16H25Cl2N/c1-5-8-19-11-13(16(2,3)4)9-12-10-14(17)6-7-15(12)18/h6-7,10,13,19H,5,8-9,11H2,1-4H3. The quantitative estimate of drug-likeness (QED) is 0.712. The van der Waals surface area contributed by atoms with Crippen LogP contribution in [0.1, 0.15) is 39.7 Å². The summed E-state index contributed by atoms with van der Waals surface area (Å²) in [5.41, 5.74) is 1.39. The van der Waals surface area contributed by atoms with Crippen molar-refractivity contribution in [2.75, 3.05) is 13.1 Å². The second kappa shape index (κ2) is 7.52. The molecule has 1 aromatic carbocycles. The molecule has 1 unspecified atom stereocenters. The maximum atomic E-state index is 6.27. The Morgan fingerprint density at radius 2 is 1.89 bits per heavy atom. The van der Waals surface area contributed by atoms with Gasteiger partial charge < -0.3 is 5.32 Å². The molecule has 0 heterocycles. The minimum Gasteiger partial charge on any atom is -0.316 e. The zero-order chi connectivity index (χ0) is 14.5. The average molecular weight is 302 g/mol. The number of hydrogen-bond donors (Lipinski definition) is 1. The largest absolute Gasteiger partial charge is 0.316 e. The molecule has 1 N–H and O–H groups in total. The average Bonchev–Trinajstić information content (AvgIpc) is 2.31. The van der Waals surface area contributed by atoms with Crippen LogP contribution in [0.4, 0.5) is 0 Å². The molecule has 1 atom stereocenters. The zero-order valence-corrected chi connectivity index (χ0v) is 13.9. The van der Waals surface area contributed by atoms with Gasteiger partial charge in [0, 0.05) is 10.0 Å². The van der Waals surface area contributed by atoms with Crippen LogP contribution in [0.25, 0.3) is 0 Å². The van der Waals surface area contributed by atoms with Gasteiger partial charge in [0.15, 0.2) is 0 Å². The Labute approximate surface area is 127 Å². The molecule has 0 fully saturated rings. The van der Waals surface area contributed by atoms with E-state index in [-0.39, 0.29) is 5.41 Å². The minimum absolute atomic E-state index is 0.242. The molecule has 0 aromatic heterocycles. The number of benzene rings is 1. The lowest BCUT2D eigenvalue weighted by Crippen LogP contribution is -2.33. The SMILES string of the molecule is CCCNCC(Cc1cc(Cl)ccc1Cl)C(C)(C)C. The first-order chi connectivity index (χ1) is 8.84. The van der Waals surface area contributed by atoms with Crippen molar-refractivity contribution in [2.24, 2.45) is 11.3 Å². The Bertz CT molecular complexity index is 396. The van der Waals surface area contributed by atoms with Gasteiger partial charge in [0.05, 0.1) is 0 Å². The van der Waals surface area contributed by atoms with Crippen molar-refractivity contribution in [2.45, 2.75) is 40.5 Å². The molecule has 1 aromatic rings. The van der Waals surface area contributed by atoms with E-state index in [0.29, 0.717) is 5.92 Å². The lowest BCUT2D eigenvalue weighted by molar-refractivity contribution is 0.231. The molecule has 1 nitrogen and oxygen atoms in total. The lowest BCUT2D eigenvalue weighted by atomic mass is 9.77. The van der Waals surface area contributed by atoms with E-state index >= 15 is 0 Å². The first kappa shape index (κ1) is 16.8. The summed E-state index contributed by atoms with van der Waals surface area (Å²) in [6, 6.07) is 5.72. The maximum absolute atomic E-state index is 6.27. The third-order valence-corrected chi connectivity index (χ3v) is 4.12. The molecular formula is C16H25Cl2N. The normalized spacial score (nSPS) is 13.6.